The van der Waals surface area contributed by atoms with Gasteiger partial charge in [-0.05, 0) is 68.0 Å². The van der Waals surface area contributed by atoms with Crippen molar-refractivity contribution >= 4 is 11.8 Å². The lowest BCUT2D eigenvalue weighted by Gasteiger charge is -2.42. The Balaban J connectivity index is 2.11. The van der Waals surface area contributed by atoms with Crippen LogP contribution in [0.5, 0.6) is 0 Å². The average molecular weight is 722 g/mol. The van der Waals surface area contributed by atoms with Crippen LogP contribution >= 0.6 is 0 Å². The first-order valence-electron chi connectivity index (χ1n) is 15.9. The number of benzene rings is 2. The summed E-state index contributed by atoms with van der Waals surface area (Å²) >= 11 is 0. The molecule has 1 aliphatic carbocycles. The number of hydrogen-bond donors (Lipinski definition) is 3. The molecule has 15 heteroatoms. The third-order valence-corrected chi connectivity index (χ3v) is 8.54. The number of aliphatic hydroxyl groups excluding tert-OH is 1. The van der Waals surface area contributed by atoms with Crippen LogP contribution < -0.4 is 11.1 Å². The van der Waals surface area contributed by atoms with Crippen molar-refractivity contribution < 1.29 is 54.2 Å². The molecule has 2 amide bonds. The number of allylic oxidation sites excluding steroid dienone is 2. The van der Waals surface area contributed by atoms with E-state index in [1.807, 2.05) is 13.8 Å². The number of nitrogens with zero attached hydrogens (tertiary/aromatic N) is 1. The highest BCUT2D eigenvalue weighted by molar-refractivity contribution is 5.97. The molecule has 0 bridgehead atoms. The Hall–Kier alpha value is -3.85. The van der Waals surface area contributed by atoms with Crippen molar-refractivity contribution in [3.05, 3.63) is 93.6 Å². The van der Waals surface area contributed by atoms with Gasteiger partial charge in [0.1, 0.15) is 0 Å². The number of hydrogen-bond acceptors (Lipinski definition) is 4. The van der Waals surface area contributed by atoms with Gasteiger partial charge in [-0.15, -0.1) is 0 Å². The maximum absolute atomic E-state index is 13.8. The molecule has 0 spiro atoms. The standard InChI is InChI=1S/C35H40F9N3O3/c1-4-9-47(10-5-2)30(49)24-11-21(3)17-32(18-24,31(45)50)28(15-23-13-26(34(39,40)41)16-27(14-23)35(42,43)44)29(48)20-46-19-22-7-6-8-25(12-22)33(36,37)38/h6-8,11-14,16-17,28-29,46,48H,4-5,9-10,15,18-20H2,1-3H3,(H2,45,50)/t28-,29+,32?/m1/s1. The molecule has 0 aromatic heterocycles. The van der Waals surface area contributed by atoms with Crippen LogP contribution in [-0.4, -0.2) is 47.6 Å². The van der Waals surface area contributed by atoms with Crippen molar-refractivity contribution in [1.82, 2.24) is 10.2 Å². The molecule has 6 nitrogen and oxygen atoms in total. The van der Waals surface area contributed by atoms with Crippen molar-refractivity contribution in [2.75, 3.05) is 19.6 Å². The molecule has 3 atom stereocenters. The third-order valence-electron chi connectivity index (χ3n) is 8.54. The lowest BCUT2D eigenvalue weighted by molar-refractivity contribution is -0.143. The zero-order valence-corrected chi connectivity index (χ0v) is 27.7. The minimum Gasteiger partial charge on any atom is -0.391 e. The summed E-state index contributed by atoms with van der Waals surface area (Å²) in [6.07, 6.45) is -13.8. The first kappa shape index (κ1) is 40.6. The van der Waals surface area contributed by atoms with E-state index in [4.69, 9.17) is 5.73 Å². The number of halogens is 9. The average Bonchev–Trinajstić information content (AvgIpc) is 3.01. The van der Waals surface area contributed by atoms with Gasteiger partial charge in [-0.2, -0.15) is 39.5 Å². The van der Waals surface area contributed by atoms with Gasteiger partial charge in [-0.1, -0.05) is 49.8 Å². The Bertz CT molecular complexity index is 1540. The lowest BCUT2D eigenvalue weighted by atomic mass is 9.63. The van der Waals surface area contributed by atoms with Gasteiger partial charge in [0.05, 0.1) is 28.2 Å². The number of rotatable bonds is 14. The maximum atomic E-state index is 13.8. The van der Waals surface area contributed by atoms with Gasteiger partial charge in [0.25, 0.3) is 0 Å². The molecule has 3 rings (SSSR count). The maximum Gasteiger partial charge on any atom is 0.416 e. The first-order valence-corrected chi connectivity index (χ1v) is 15.9. The zero-order chi connectivity index (χ0) is 37.7. The fourth-order valence-electron chi connectivity index (χ4n) is 6.33. The molecule has 0 aliphatic heterocycles. The van der Waals surface area contributed by atoms with Gasteiger partial charge < -0.3 is 21.1 Å². The molecule has 0 saturated heterocycles. The van der Waals surface area contributed by atoms with Crippen LogP contribution in [0.25, 0.3) is 0 Å². The summed E-state index contributed by atoms with van der Waals surface area (Å²) in [7, 11) is 0. The Morgan fingerprint density at radius 2 is 1.42 bits per heavy atom. The second-order valence-electron chi connectivity index (χ2n) is 12.6. The summed E-state index contributed by atoms with van der Waals surface area (Å²) in [5.74, 6) is -3.03. The van der Waals surface area contributed by atoms with Crippen LogP contribution in [0.15, 0.2) is 65.8 Å². The summed E-state index contributed by atoms with van der Waals surface area (Å²) in [4.78, 5) is 28.7. The minimum atomic E-state index is -5.18. The molecule has 4 N–H and O–H groups in total. The lowest BCUT2D eigenvalue weighted by Crippen LogP contribution is -2.51. The van der Waals surface area contributed by atoms with Crippen LogP contribution in [0.2, 0.25) is 0 Å². The Morgan fingerprint density at radius 3 is 1.92 bits per heavy atom. The highest BCUT2D eigenvalue weighted by atomic mass is 19.4. The normalized spacial score (nSPS) is 18.3. The largest absolute Gasteiger partial charge is 0.416 e. The van der Waals surface area contributed by atoms with Gasteiger partial charge >= 0.3 is 18.5 Å². The number of carbonyl (C=O) groups excluding carboxylic acids is 2. The van der Waals surface area contributed by atoms with Gasteiger partial charge in [0.15, 0.2) is 0 Å². The molecule has 2 aromatic carbocycles. The van der Waals surface area contributed by atoms with Gasteiger partial charge in [0.2, 0.25) is 11.8 Å². The van der Waals surface area contributed by atoms with Crippen molar-refractivity contribution in [1.29, 1.82) is 0 Å². The predicted octanol–water partition coefficient (Wildman–Crippen LogP) is 7.45. The molecule has 0 saturated carbocycles. The topological polar surface area (TPSA) is 95.7 Å². The molecule has 0 radical (unpaired) electrons. The monoisotopic (exact) mass is 721 g/mol. The quantitative estimate of drug-likeness (QED) is 0.177. The zero-order valence-electron chi connectivity index (χ0n) is 27.7. The number of amides is 2. The van der Waals surface area contributed by atoms with E-state index < -0.39 is 89.4 Å². The fraction of sp³-hybridized carbons (Fsp3) is 0.486. The van der Waals surface area contributed by atoms with Crippen molar-refractivity contribution in [2.45, 2.75) is 77.6 Å². The molecule has 0 heterocycles. The van der Waals surface area contributed by atoms with Gasteiger partial charge in [-0.25, -0.2) is 0 Å². The summed E-state index contributed by atoms with van der Waals surface area (Å²) in [5, 5.41) is 14.4. The minimum absolute atomic E-state index is 0.0460. The smallest absolute Gasteiger partial charge is 0.391 e. The molecular weight excluding hydrogens is 681 g/mol. The predicted molar refractivity (Wildman–Crippen MR) is 168 cm³/mol. The second-order valence-corrected chi connectivity index (χ2v) is 12.6. The van der Waals surface area contributed by atoms with Gasteiger partial charge in [-0.3, -0.25) is 9.59 Å². The Labute approximate surface area is 284 Å². The Kier molecular flexibility index (Phi) is 13.0. The molecule has 2 aromatic rings. The first-order chi connectivity index (χ1) is 23.1. The molecule has 0 fully saturated rings. The number of aliphatic hydroxyl groups is 1. The van der Waals surface area contributed by atoms with Crippen LogP contribution in [0.4, 0.5) is 39.5 Å². The molecule has 276 valence electrons. The van der Waals surface area contributed by atoms with E-state index in [1.165, 1.54) is 31.2 Å². The number of nitrogens with two attached hydrogens (primary N) is 1. The van der Waals surface area contributed by atoms with Crippen LogP contribution in [0, 0.1) is 11.3 Å². The molecular formula is C35H40F9N3O3. The molecule has 1 aliphatic rings. The third kappa shape index (κ3) is 10.1. The summed E-state index contributed by atoms with van der Waals surface area (Å²) in [6, 6.07) is 5.23. The SMILES string of the molecule is CCCN(CCC)C(=O)C1=CC(C)=CC(C(N)=O)([C@H](Cc2cc(C(F)(F)F)cc(C(F)(F)F)c2)[C@@H](O)CNCc2cccc(C(F)(F)F)c2)C1. The summed E-state index contributed by atoms with van der Waals surface area (Å²) < 4.78 is 122. The summed E-state index contributed by atoms with van der Waals surface area (Å²) in [5.41, 5.74) is -0.0491. The molecule has 1 unspecified atom stereocenters. The van der Waals surface area contributed by atoms with Gasteiger partial charge in [0, 0.05) is 37.7 Å². The van der Waals surface area contributed by atoms with E-state index in [2.05, 4.69) is 5.32 Å². The highest BCUT2D eigenvalue weighted by Crippen LogP contribution is 2.45. The summed E-state index contributed by atoms with van der Waals surface area (Å²) in [6.45, 7) is 5.30. The van der Waals surface area contributed by atoms with Crippen LogP contribution in [0.3, 0.4) is 0 Å². The van der Waals surface area contributed by atoms with Crippen LogP contribution in [-0.2, 0) is 41.1 Å². The number of nitrogens with one attached hydrogen (secondary N) is 1. The fourth-order valence-corrected chi connectivity index (χ4v) is 6.33. The van der Waals surface area contributed by atoms with Crippen molar-refractivity contribution in [3.63, 3.8) is 0 Å². The van der Waals surface area contributed by atoms with E-state index in [9.17, 15) is 54.2 Å². The number of carbonyl (C=O) groups is 2. The van der Waals surface area contributed by atoms with E-state index in [0.717, 1.165) is 12.1 Å². The highest BCUT2D eigenvalue weighted by Gasteiger charge is 2.49. The number of primary amides is 1. The Morgan fingerprint density at radius 1 is 0.880 bits per heavy atom. The van der Waals surface area contributed by atoms with Crippen LogP contribution in [0.1, 0.15) is 67.9 Å². The van der Waals surface area contributed by atoms with E-state index in [0.29, 0.717) is 43.6 Å². The molecule has 50 heavy (non-hydrogen) atoms. The van der Waals surface area contributed by atoms with Crippen molar-refractivity contribution in [2.24, 2.45) is 17.1 Å². The van der Waals surface area contributed by atoms with E-state index in [-0.39, 0.29) is 23.7 Å². The number of alkyl halides is 9. The second kappa shape index (κ2) is 16.0. The van der Waals surface area contributed by atoms with Crippen molar-refractivity contribution in [3.8, 4) is 0 Å². The van der Waals surface area contributed by atoms with E-state index in [1.54, 1.807) is 4.90 Å². The van der Waals surface area contributed by atoms with E-state index >= 15 is 0 Å².